The smallest absolute Gasteiger partial charge is 0.327 e. The Hall–Kier alpha value is -1.88. The highest BCUT2D eigenvalue weighted by atomic mass is 19.4. The molecule has 0 atom stereocenters. The van der Waals surface area contributed by atoms with E-state index in [2.05, 4.69) is 0 Å². The molecular weight excluding hydrogens is 382 g/mol. The number of nitrogens with zero attached hydrogens (tertiary/aromatic N) is 4. The van der Waals surface area contributed by atoms with E-state index in [1.165, 1.54) is 23.9 Å². The van der Waals surface area contributed by atoms with Crippen molar-refractivity contribution in [1.82, 2.24) is 19.6 Å². The van der Waals surface area contributed by atoms with Crippen LogP contribution >= 0.6 is 0 Å². The van der Waals surface area contributed by atoms with E-state index in [4.69, 9.17) is 0 Å². The molecule has 0 aliphatic carbocycles. The lowest BCUT2D eigenvalue weighted by atomic mass is 10.3. The van der Waals surface area contributed by atoms with Crippen LogP contribution in [0.1, 0.15) is 19.3 Å². The largest absolute Gasteiger partial charge is 0.390 e. The summed E-state index contributed by atoms with van der Waals surface area (Å²) in [5, 5.41) is 0. The molecule has 0 aromatic heterocycles. The Morgan fingerprint density at radius 3 is 1.37 bits per heavy atom. The zero-order valence-corrected chi connectivity index (χ0v) is 15.2. The fraction of sp³-hybridized carbons (Fsp3) is 0.867. The van der Waals surface area contributed by atoms with E-state index in [0.717, 1.165) is 9.80 Å². The summed E-state index contributed by atoms with van der Waals surface area (Å²) in [6, 6.07) is -1.14. The Bertz CT molecular complexity index is 468. The first-order valence-corrected chi connectivity index (χ1v) is 8.44. The van der Waals surface area contributed by atoms with Gasteiger partial charge in [0.15, 0.2) is 0 Å². The molecule has 1 saturated heterocycles. The molecule has 12 heteroatoms. The van der Waals surface area contributed by atoms with Crippen molar-refractivity contribution < 1.29 is 35.9 Å². The van der Waals surface area contributed by atoms with Crippen molar-refractivity contribution in [3.05, 3.63) is 0 Å². The number of hydrogen-bond acceptors (Lipinski definition) is 2. The van der Waals surface area contributed by atoms with E-state index in [0.29, 0.717) is 6.42 Å². The van der Waals surface area contributed by atoms with Crippen molar-refractivity contribution in [3.8, 4) is 0 Å². The zero-order valence-electron chi connectivity index (χ0n) is 15.2. The lowest BCUT2D eigenvalue weighted by Crippen LogP contribution is -2.46. The molecule has 1 aliphatic rings. The molecule has 158 valence electrons. The maximum absolute atomic E-state index is 12.3. The molecule has 0 bridgehead atoms. The maximum Gasteiger partial charge on any atom is 0.390 e. The molecule has 0 unspecified atom stereocenters. The summed E-state index contributed by atoms with van der Waals surface area (Å²) in [5.74, 6) is 0. The summed E-state index contributed by atoms with van der Waals surface area (Å²) in [7, 11) is 2.54. The van der Waals surface area contributed by atoms with Crippen LogP contribution in [0.15, 0.2) is 0 Å². The second kappa shape index (κ2) is 9.36. The third-order valence-electron chi connectivity index (χ3n) is 4.15. The van der Waals surface area contributed by atoms with Crippen molar-refractivity contribution in [2.45, 2.75) is 31.6 Å². The predicted octanol–water partition coefficient (Wildman–Crippen LogP) is 3.00. The lowest BCUT2D eigenvalue weighted by molar-refractivity contribution is -0.137. The fourth-order valence-electron chi connectivity index (χ4n) is 2.56. The average Bonchev–Trinajstić information content (AvgIpc) is 2.80. The number of alkyl halides is 6. The van der Waals surface area contributed by atoms with Crippen LogP contribution in [0.25, 0.3) is 0 Å². The Balaban J connectivity index is 2.53. The monoisotopic (exact) mass is 406 g/mol. The topological polar surface area (TPSA) is 47.1 Å². The van der Waals surface area contributed by atoms with E-state index in [-0.39, 0.29) is 26.2 Å². The molecule has 1 aliphatic heterocycles. The number of halogens is 6. The minimum atomic E-state index is -4.36. The van der Waals surface area contributed by atoms with Crippen molar-refractivity contribution in [2.75, 3.05) is 53.4 Å². The summed E-state index contributed by atoms with van der Waals surface area (Å²) in [6.45, 7) is -0.220. The molecule has 27 heavy (non-hydrogen) atoms. The van der Waals surface area contributed by atoms with Crippen LogP contribution in [0, 0.1) is 0 Å². The quantitative estimate of drug-likeness (QED) is 0.674. The Labute approximate surface area is 153 Å². The number of hydrogen-bond donors (Lipinski definition) is 0. The summed E-state index contributed by atoms with van der Waals surface area (Å²) in [6.07, 6.45) is -10.6. The second-order valence-electron chi connectivity index (χ2n) is 6.47. The molecule has 0 aromatic carbocycles. The van der Waals surface area contributed by atoms with Gasteiger partial charge < -0.3 is 19.6 Å². The summed E-state index contributed by atoms with van der Waals surface area (Å²) in [4.78, 5) is 29.1. The van der Waals surface area contributed by atoms with E-state index >= 15 is 0 Å². The maximum atomic E-state index is 12.3. The summed E-state index contributed by atoms with van der Waals surface area (Å²) >= 11 is 0. The van der Waals surface area contributed by atoms with E-state index < -0.39 is 50.3 Å². The predicted molar refractivity (Wildman–Crippen MR) is 85.2 cm³/mol. The van der Waals surface area contributed by atoms with Crippen LogP contribution in [0.3, 0.4) is 0 Å². The van der Waals surface area contributed by atoms with Gasteiger partial charge in [0, 0.05) is 53.4 Å². The SMILES string of the molecule is CN(CCC(F)(F)F)C(=O)N1CCCN(C(=O)N(C)CCC(F)(F)F)CC1. The van der Waals surface area contributed by atoms with Gasteiger partial charge in [-0.2, -0.15) is 26.3 Å². The second-order valence-corrected chi connectivity index (χ2v) is 6.47. The van der Waals surface area contributed by atoms with Crippen LogP contribution in [0.4, 0.5) is 35.9 Å². The number of carbonyl (C=O) groups excluding carboxylic acids is 2. The molecule has 0 spiro atoms. The third kappa shape index (κ3) is 8.57. The van der Waals surface area contributed by atoms with Gasteiger partial charge in [0.1, 0.15) is 0 Å². The molecule has 0 N–H and O–H groups in total. The number of rotatable bonds is 4. The number of urea groups is 2. The van der Waals surface area contributed by atoms with Gasteiger partial charge in [-0.1, -0.05) is 0 Å². The van der Waals surface area contributed by atoms with Gasteiger partial charge >= 0.3 is 24.4 Å². The molecular formula is C15H24F6N4O2. The van der Waals surface area contributed by atoms with Crippen molar-refractivity contribution in [3.63, 3.8) is 0 Å². The van der Waals surface area contributed by atoms with Gasteiger partial charge in [0.05, 0.1) is 12.8 Å². The van der Waals surface area contributed by atoms with Crippen molar-refractivity contribution >= 4 is 12.1 Å². The first-order valence-electron chi connectivity index (χ1n) is 8.44. The highest BCUT2D eigenvalue weighted by Gasteiger charge is 2.31. The van der Waals surface area contributed by atoms with Crippen LogP contribution < -0.4 is 0 Å². The highest BCUT2D eigenvalue weighted by molar-refractivity contribution is 5.75. The van der Waals surface area contributed by atoms with Gasteiger partial charge in [-0.25, -0.2) is 9.59 Å². The molecule has 1 fully saturated rings. The van der Waals surface area contributed by atoms with Crippen molar-refractivity contribution in [1.29, 1.82) is 0 Å². The Kier molecular flexibility index (Phi) is 8.03. The normalized spacial score (nSPS) is 16.1. The van der Waals surface area contributed by atoms with Gasteiger partial charge in [0.2, 0.25) is 0 Å². The van der Waals surface area contributed by atoms with Gasteiger partial charge in [-0.05, 0) is 6.42 Å². The fourth-order valence-corrected chi connectivity index (χ4v) is 2.56. The molecule has 0 radical (unpaired) electrons. The van der Waals surface area contributed by atoms with Crippen LogP contribution in [-0.2, 0) is 0 Å². The molecule has 0 saturated carbocycles. The molecule has 0 aromatic rings. The van der Waals surface area contributed by atoms with E-state index in [1.54, 1.807) is 0 Å². The van der Waals surface area contributed by atoms with Gasteiger partial charge in [0.25, 0.3) is 0 Å². The Morgan fingerprint density at radius 2 is 1.07 bits per heavy atom. The third-order valence-corrected chi connectivity index (χ3v) is 4.15. The standard InChI is InChI=1S/C15H24F6N4O2/c1-22(8-4-14(16,17)18)12(26)24-6-3-7-25(11-10-24)13(27)23(2)9-5-15(19,20)21/h3-11H2,1-2H3. The van der Waals surface area contributed by atoms with Gasteiger partial charge in [-0.15, -0.1) is 0 Å². The minimum absolute atomic E-state index is 0.105. The molecule has 6 nitrogen and oxygen atoms in total. The Morgan fingerprint density at radius 1 is 0.741 bits per heavy atom. The zero-order chi connectivity index (χ0) is 20.8. The summed E-state index contributed by atoms with van der Waals surface area (Å²) < 4.78 is 73.6. The van der Waals surface area contributed by atoms with Crippen LogP contribution in [0.2, 0.25) is 0 Å². The van der Waals surface area contributed by atoms with E-state index in [9.17, 15) is 35.9 Å². The van der Waals surface area contributed by atoms with Crippen molar-refractivity contribution in [2.24, 2.45) is 0 Å². The lowest BCUT2D eigenvalue weighted by Gasteiger charge is -2.29. The first kappa shape index (κ1) is 23.2. The van der Waals surface area contributed by atoms with Gasteiger partial charge in [-0.3, -0.25) is 0 Å². The first-order chi connectivity index (χ1) is 12.3. The number of amides is 4. The van der Waals surface area contributed by atoms with Crippen LogP contribution in [-0.4, -0.2) is 97.4 Å². The van der Waals surface area contributed by atoms with E-state index in [1.807, 2.05) is 0 Å². The molecule has 4 amide bonds. The van der Waals surface area contributed by atoms with Crippen LogP contribution in [0.5, 0.6) is 0 Å². The molecule has 1 rings (SSSR count). The number of carbonyl (C=O) groups is 2. The molecule has 1 heterocycles. The summed E-state index contributed by atoms with van der Waals surface area (Å²) in [5.41, 5.74) is 0. The minimum Gasteiger partial charge on any atom is -0.327 e. The highest BCUT2D eigenvalue weighted by Crippen LogP contribution is 2.21. The average molecular weight is 406 g/mol.